The van der Waals surface area contributed by atoms with Crippen LogP contribution in [0.15, 0.2) is 18.2 Å². The molecule has 1 atom stereocenters. The first-order chi connectivity index (χ1) is 8.86. The number of hydrogen-bond donors (Lipinski definition) is 1. The van der Waals surface area contributed by atoms with Crippen LogP contribution in [0.3, 0.4) is 0 Å². The van der Waals surface area contributed by atoms with Gasteiger partial charge in [0.25, 0.3) is 5.91 Å². The second kappa shape index (κ2) is 4.64. The van der Waals surface area contributed by atoms with Crippen LogP contribution >= 0.6 is 0 Å². The fourth-order valence-electron chi connectivity index (χ4n) is 2.46. The maximum atomic E-state index is 13.7. The third-order valence-corrected chi connectivity index (χ3v) is 3.70. The van der Waals surface area contributed by atoms with Crippen molar-refractivity contribution in [3.05, 3.63) is 35.1 Å². The smallest absolute Gasteiger partial charge is 0.329 e. The molecule has 1 fully saturated rings. The number of hydrogen-bond acceptors (Lipinski definition) is 2. The second-order valence-corrected chi connectivity index (χ2v) is 5.12. The van der Waals surface area contributed by atoms with Crippen molar-refractivity contribution >= 4 is 11.9 Å². The van der Waals surface area contributed by atoms with E-state index in [0.717, 1.165) is 5.56 Å². The molecule has 0 aliphatic carbocycles. The molecule has 1 aromatic rings. The molecule has 5 heteroatoms. The Morgan fingerprint density at radius 1 is 1.42 bits per heavy atom. The maximum Gasteiger partial charge on any atom is 0.329 e. The van der Waals surface area contributed by atoms with Crippen molar-refractivity contribution < 1.29 is 19.1 Å². The Bertz CT molecular complexity index is 543. The van der Waals surface area contributed by atoms with Crippen molar-refractivity contribution in [2.75, 3.05) is 6.54 Å². The van der Waals surface area contributed by atoms with E-state index in [4.69, 9.17) is 0 Å². The van der Waals surface area contributed by atoms with Gasteiger partial charge in [-0.2, -0.15) is 0 Å². The second-order valence-electron chi connectivity index (χ2n) is 5.12. The van der Waals surface area contributed by atoms with E-state index in [-0.39, 0.29) is 5.56 Å². The van der Waals surface area contributed by atoms with Crippen molar-refractivity contribution in [1.29, 1.82) is 0 Å². The van der Waals surface area contributed by atoms with E-state index < -0.39 is 23.2 Å². The summed E-state index contributed by atoms with van der Waals surface area (Å²) in [6.45, 7) is 3.61. The average Bonchev–Trinajstić information content (AvgIpc) is 2.75. The first kappa shape index (κ1) is 13.5. The molecule has 1 unspecified atom stereocenters. The van der Waals surface area contributed by atoms with Crippen molar-refractivity contribution in [1.82, 2.24) is 4.90 Å². The number of rotatable bonds is 2. The largest absolute Gasteiger partial charge is 0.480 e. The number of halogens is 1. The summed E-state index contributed by atoms with van der Waals surface area (Å²) in [4.78, 5) is 25.0. The van der Waals surface area contributed by atoms with E-state index in [2.05, 4.69) is 0 Å². The lowest BCUT2D eigenvalue weighted by molar-refractivity contribution is -0.147. The molecule has 1 aliphatic heterocycles. The predicted octanol–water partition coefficient (Wildman–Crippen LogP) is 2.21. The quantitative estimate of drug-likeness (QED) is 0.892. The number of carbonyl (C=O) groups excluding carboxylic acids is 1. The van der Waals surface area contributed by atoms with Crippen LogP contribution < -0.4 is 0 Å². The Morgan fingerprint density at radius 2 is 2.11 bits per heavy atom. The molecule has 4 nitrogen and oxygen atoms in total. The van der Waals surface area contributed by atoms with Gasteiger partial charge in [-0.15, -0.1) is 0 Å². The molecule has 0 radical (unpaired) electrons. The van der Waals surface area contributed by atoms with Gasteiger partial charge in [-0.05, 0) is 38.8 Å². The highest BCUT2D eigenvalue weighted by Gasteiger charge is 2.46. The molecule has 102 valence electrons. The van der Waals surface area contributed by atoms with Gasteiger partial charge in [0, 0.05) is 6.54 Å². The normalized spacial score (nSPS) is 22.6. The molecule has 1 saturated heterocycles. The van der Waals surface area contributed by atoms with Crippen LogP contribution in [0.1, 0.15) is 35.7 Å². The van der Waals surface area contributed by atoms with E-state index in [1.54, 1.807) is 13.0 Å². The zero-order valence-electron chi connectivity index (χ0n) is 10.9. The third-order valence-electron chi connectivity index (χ3n) is 3.70. The zero-order valence-corrected chi connectivity index (χ0v) is 10.9. The highest BCUT2D eigenvalue weighted by molar-refractivity contribution is 5.98. The van der Waals surface area contributed by atoms with Crippen LogP contribution in [0, 0.1) is 12.7 Å². The molecular formula is C14H16FNO3. The minimum atomic E-state index is -1.24. The number of carbonyl (C=O) groups is 2. The van der Waals surface area contributed by atoms with E-state index in [1.165, 1.54) is 24.0 Å². The molecule has 0 bridgehead atoms. The number of aryl methyl sites for hydroxylation is 1. The van der Waals surface area contributed by atoms with Gasteiger partial charge < -0.3 is 10.0 Å². The van der Waals surface area contributed by atoms with Crippen LogP contribution in [0.2, 0.25) is 0 Å². The molecular weight excluding hydrogens is 249 g/mol. The van der Waals surface area contributed by atoms with Crippen molar-refractivity contribution in [3.8, 4) is 0 Å². The van der Waals surface area contributed by atoms with Gasteiger partial charge in [0.05, 0.1) is 5.56 Å². The average molecular weight is 265 g/mol. The van der Waals surface area contributed by atoms with Crippen LogP contribution in [-0.2, 0) is 4.79 Å². The van der Waals surface area contributed by atoms with Gasteiger partial charge in [0.15, 0.2) is 0 Å². The minimum absolute atomic E-state index is 0.0608. The highest BCUT2D eigenvalue weighted by Crippen LogP contribution is 2.31. The molecule has 1 aliphatic rings. The lowest BCUT2D eigenvalue weighted by Gasteiger charge is -2.31. The summed E-state index contributed by atoms with van der Waals surface area (Å²) < 4.78 is 13.7. The maximum absolute atomic E-state index is 13.7. The number of benzene rings is 1. The molecule has 1 N–H and O–H groups in total. The predicted molar refractivity (Wildman–Crippen MR) is 67.4 cm³/mol. The monoisotopic (exact) mass is 265 g/mol. The van der Waals surface area contributed by atoms with Crippen LogP contribution in [0.25, 0.3) is 0 Å². The molecule has 19 heavy (non-hydrogen) atoms. The van der Waals surface area contributed by atoms with E-state index in [1.807, 2.05) is 0 Å². The Kier molecular flexibility index (Phi) is 3.30. The number of nitrogens with zero attached hydrogens (tertiary/aromatic N) is 1. The number of carboxylic acids is 1. The topological polar surface area (TPSA) is 57.6 Å². The molecule has 1 aromatic carbocycles. The number of aliphatic carboxylic acids is 1. The molecule has 1 heterocycles. The SMILES string of the molecule is Cc1ccc(F)c(C(=O)N2CCCC2(C)C(=O)O)c1. The summed E-state index contributed by atoms with van der Waals surface area (Å²) in [6.07, 6.45) is 1.00. The fraction of sp³-hybridized carbons (Fsp3) is 0.429. The van der Waals surface area contributed by atoms with E-state index in [9.17, 15) is 19.1 Å². The Morgan fingerprint density at radius 3 is 2.74 bits per heavy atom. The lowest BCUT2D eigenvalue weighted by Crippen LogP contribution is -2.51. The molecule has 0 aromatic heterocycles. The number of likely N-dealkylation sites (tertiary alicyclic amines) is 1. The summed E-state index contributed by atoms with van der Waals surface area (Å²) >= 11 is 0. The summed E-state index contributed by atoms with van der Waals surface area (Å²) in [5.41, 5.74) is -0.539. The minimum Gasteiger partial charge on any atom is -0.480 e. The molecule has 0 spiro atoms. The lowest BCUT2D eigenvalue weighted by atomic mass is 9.98. The van der Waals surface area contributed by atoms with Gasteiger partial charge in [-0.3, -0.25) is 4.79 Å². The fourth-order valence-corrected chi connectivity index (χ4v) is 2.46. The Labute approximate surface area is 110 Å². The summed E-state index contributed by atoms with van der Waals surface area (Å²) in [7, 11) is 0. The van der Waals surface area contributed by atoms with Gasteiger partial charge in [-0.25, -0.2) is 9.18 Å². The zero-order chi connectivity index (χ0) is 14.2. The first-order valence-corrected chi connectivity index (χ1v) is 6.18. The van der Waals surface area contributed by atoms with Gasteiger partial charge >= 0.3 is 5.97 Å². The number of amides is 1. The molecule has 1 amide bonds. The van der Waals surface area contributed by atoms with Gasteiger partial charge in [0.1, 0.15) is 11.4 Å². The summed E-state index contributed by atoms with van der Waals surface area (Å²) in [5.74, 6) is -2.22. The van der Waals surface area contributed by atoms with Crippen LogP contribution in [-0.4, -0.2) is 34.0 Å². The van der Waals surface area contributed by atoms with Gasteiger partial charge in [-0.1, -0.05) is 11.6 Å². The Hall–Kier alpha value is -1.91. The van der Waals surface area contributed by atoms with Gasteiger partial charge in [0.2, 0.25) is 0 Å². The van der Waals surface area contributed by atoms with Crippen LogP contribution in [0.5, 0.6) is 0 Å². The van der Waals surface area contributed by atoms with Crippen molar-refractivity contribution in [3.63, 3.8) is 0 Å². The first-order valence-electron chi connectivity index (χ1n) is 6.18. The molecule has 0 saturated carbocycles. The van der Waals surface area contributed by atoms with E-state index in [0.29, 0.717) is 19.4 Å². The van der Waals surface area contributed by atoms with Crippen molar-refractivity contribution in [2.45, 2.75) is 32.2 Å². The van der Waals surface area contributed by atoms with E-state index >= 15 is 0 Å². The standard InChI is InChI=1S/C14H16FNO3/c1-9-4-5-11(15)10(8-9)12(17)16-7-3-6-14(16,2)13(18)19/h4-5,8H,3,6-7H2,1-2H3,(H,18,19). The highest BCUT2D eigenvalue weighted by atomic mass is 19.1. The third kappa shape index (κ3) is 2.20. The number of carboxylic acid groups (broad SMARTS) is 1. The Balaban J connectivity index is 2.39. The van der Waals surface area contributed by atoms with Crippen LogP contribution in [0.4, 0.5) is 4.39 Å². The van der Waals surface area contributed by atoms with Crippen molar-refractivity contribution in [2.24, 2.45) is 0 Å². The molecule has 2 rings (SSSR count). The summed E-state index contributed by atoms with van der Waals surface area (Å²) in [6, 6.07) is 4.27. The summed E-state index contributed by atoms with van der Waals surface area (Å²) in [5, 5.41) is 9.27.